The Morgan fingerprint density at radius 1 is 1.05 bits per heavy atom. The predicted molar refractivity (Wildman–Crippen MR) is 161 cm³/mol. The lowest BCUT2D eigenvalue weighted by atomic mass is 10.1. The number of benzene rings is 3. The summed E-state index contributed by atoms with van der Waals surface area (Å²) in [6.07, 6.45) is 1.36. The molecule has 0 bridgehead atoms. The predicted octanol–water partition coefficient (Wildman–Crippen LogP) is 5.56. The molecule has 40 heavy (non-hydrogen) atoms. The number of urea groups is 1. The highest BCUT2D eigenvalue weighted by Gasteiger charge is 2.37. The summed E-state index contributed by atoms with van der Waals surface area (Å²) in [7, 11) is 1.44. The van der Waals surface area contributed by atoms with Gasteiger partial charge in [-0.3, -0.25) is 19.7 Å². The van der Waals surface area contributed by atoms with Crippen molar-refractivity contribution in [2.45, 2.75) is 20.8 Å². The van der Waals surface area contributed by atoms with Crippen molar-refractivity contribution >= 4 is 75.4 Å². The highest BCUT2D eigenvalue weighted by molar-refractivity contribution is 14.1. The Labute approximate surface area is 249 Å². The summed E-state index contributed by atoms with van der Waals surface area (Å²) in [5.41, 5.74) is 3.91. The van der Waals surface area contributed by atoms with Crippen LogP contribution in [0, 0.1) is 24.3 Å². The molecule has 3 aromatic rings. The Kier molecular flexibility index (Phi) is 8.79. The fraction of sp³-hybridized carbons (Fsp3) is 0.172. The van der Waals surface area contributed by atoms with Crippen LogP contribution in [0.2, 0.25) is 5.02 Å². The summed E-state index contributed by atoms with van der Waals surface area (Å²) in [5.74, 6) is -1.36. The molecule has 1 aliphatic heterocycles. The Bertz CT molecular complexity index is 1590. The van der Waals surface area contributed by atoms with Crippen LogP contribution in [0.1, 0.15) is 22.3 Å². The first kappa shape index (κ1) is 29.1. The molecule has 1 heterocycles. The van der Waals surface area contributed by atoms with Crippen molar-refractivity contribution in [2.75, 3.05) is 23.9 Å². The van der Waals surface area contributed by atoms with E-state index in [-0.39, 0.29) is 23.8 Å². The van der Waals surface area contributed by atoms with E-state index in [1.807, 2.05) is 54.6 Å². The molecule has 1 saturated heterocycles. The summed E-state index contributed by atoms with van der Waals surface area (Å²) in [4.78, 5) is 51.8. The van der Waals surface area contributed by atoms with Crippen LogP contribution in [0.25, 0.3) is 6.08 Å². The van der Waals surface area contributed by atoms with E-state index in [1.165, 1.54) is 19.3 Å². The van der Waals surface area contributed by atoms with E-state index in [0.717, 1.165) is 21.6 Å². The van der Waals surface area contributed by atoms with E-state index >= 15 is 0 Å². The molecule has 0 saturated carbocycles. The number of hydrogen-bond acceptors (Lipinski definition) is 6. The van der Waals surface area contributed by atoms with Crippen molar-refractivity contribution in [1.82, 2.24) is 5.32 Å². The van der Waals surface area contributed by atoms with Crippen molar-refractivity contribution in [3.8, 4) is 11.5 Å². The first-order valence-electron chi connectivity index (χ1n) is 12.0. The second kappa shape index (κ2) is 12.1. The van der Waals surface area contributed by atoms with Crippen LogP contribution in [-0.2, 0) is 14.4 Å². The minimum atomic E-state index is -0.873. The molecular formula is C29H25ClIN3O6. The fourth-order valence-electron chi connectivity index (χ4n) is 4.02. The third-order valence-corrected chi connectivity index (χ3v) is 7.29. The van der Waals surface area contributed by atoms with Gasteiger partial charge in [0.25, 0.3) is 17.7 Å². The number of nitrogens with one attached hydrogen (secondary N) is 2. The van der Waals surface area contributed by atoms with Crippen LogP contribution in [0.15, 0.2) is 54.1 Å². The lowest BCUT2D eigenvalue weighted by Crippen LogP contribution is -2.54. The largest absolute Gasteiger partial charge is 0.493 e. The maximum atomic E-state index is 13.3. The number of anilines is 2. The maximum Gasteiger partial charge on any atom is 0.335 e. The van der Waals surface area contributed by atoms with Gasteiger partial charge < -0.3 is 14.8 Å². The summed E-state index contributed by atoms with van der Waals surface area (Å²) >= 11 is 8.20. The van der Waals surface area contributed by atoms with Crippen molar-refractivity contribution in [3.05, 3.63) is 85.0 Å². The molecule has 0 aromatic heterocycles. The van der Waals surface area contributed by atoms with Gasteiger partial charge in [-0.05, 0) is 96.5 Å². The highest BCUT2D eigenvalue weighted by atomic mass is 127. The van der Waals surface area contributed by atoms with Crippen LogP contribution in [0.5, 0.6) is 11.5 Å². The van der Waals surface area contributed by atoms with E-state index in [4.69, 9.17) is 21.1 Å². The number of aryl methyl sites for hydroxylation is 3. The summed E-state index contributed by atoms with van der Waals surface area (Å²) < 4.78 is 11.8. The average molecular weight is 674 g/mol. The number of methoxy groups -OCH3 is 1. The van der Waals surface area contributed by atoms with Crippen molar-refractivity contribution in [1.29, 1.82) is 0 Å². The normalized spacial score (nSPS) is 14.3. The molecule has 0 radical (unpaired) electrons. The van der Waals surface area contributed by atoms with Gasteiger partial charge in [0, 0.05) is 10.7 Å². The van der Waals surface area contributed by atoms with E-state index in [0.29, 0.717) is 31.3 Å². The third kappa shape index (κ3) is 6.28. The minimum absolute atomic E-state index is 0.228. The number of rotatable bonds is 7. The zero-order chi connectivity index (χ0) is 29.1. The van der Waals surface area contributed by atoms with E-state index in [9.17, 15) is 19.2 Å². The van der Waals surface area contributed by atoms with Gasteiger partial charge in [0.05, 0.1) is 16.4 Å². The molecule has 3 aromatic carbocycles. The summed E-state index contributed by atoms with van der Waals surface area (Å²) in [6, 6.07) is 12.8. The van der Waals surface area contributed by atoms with Gasteiger partial charge in [-0.1, -0.05) is 35.4 Å². The number of hydrogen-bond donors (Lipinski definition) is 2. The van der Waals surface area contributed by atoms with Crippen molar-refractivity contribution in [2.24, 2.45) is 0 Å². The zero-order valence-electron chi connectivity index (χ0n) is 22.1. The van der Waals surface area contributed by atoms with Gasteiger partial charge in [-0.2, -0.15) is 0 Å². The molecule has 0 atom stereocenters. The number of ether oxygens (including phenoxy) is 2. The molecule has 5 amide bonds. The van der Waals surface area contributed by atoms with E-state index in [1.54, 1.807) is 31.2 Å². The number of carbonyl (C=O) groups excluding carboxylic acids is 4. The molecule has 9 nitrogen and oxygen atoms in total. The number of imide groups is 2. The zero-order valence-corrected chi connectivity index (χ0v) is 25.0. The van der Waals surface area contributed by atoms with Gasteiger partial charge in [0.2, 0.25) is 0 Å². The minimum Gasteiger partial charge on any atom is -0.493 e. The smallest absolute Gasteiger partial charge is 0.335 e. The van der Waals surface area contributed by atoms with Crippen LogP contribution < -0.4 is 25.0 Å². The molecule has 0 aliphatic carbocycles. The average Bonchev–Trinajstić information content (AvgIpc) is 2.89. The molecule has 1 aliphatic rings. The Hall–Kier alpha value is -3.90. The standard InChI is InChI=1S/C29H25ClIN3O6/c1-15-5-8-23(17(3)9-15)32-25(35)14-40-26-22(31)11-18(12-24(26)39-4)10-20-27(36)33-29(38)34(28(20)37)19-7-6-16(2)21(30)13-19/h5-13H,14H2,1-4H3,(H,32,35)(H,33,36,38)/b20-10+. The van der Waals surface area contributed by atoms with Crippen molar-refractivity contribution < 1.29 is 28.7 Å². The SMILES string of the molecule is COc1cc(/C=C2\C(=O)NC(=O)N(c3ccc(C)c(Cl)c3)C2=O)cc(I)c1OCC(=O)Nc1ccc(C)cc1C. The second-order valence-electron chi connectivity index (χ2n) is 9.08. The molecule has 2 N–H and O–H groups in total. The number of nitrogens with zero attached hydrogens (tertiary/aromatic N) is 1. The van der Waals surface area contributed by atoms with Gasteiger partial charge in [0.15, 0.2) is 18.1 Å². The quantitative estimate of drug-likeness (QED) is 0.193. The van der Waals surface area contributed by atoms with Crippen LogP contribution in [0.4, 0.5) is 16.2 Å². The second-order valence-corrected chi connectivity index (χ2v) is 10.7. The fourth-order valence-corrected chi connectivity index (χ4v) is 4.98. The first-order chi connectivity index (χ1) is 19.0. The number of carbonyl (C=O) groups is 4. The molecule has 4 rings (SSSR count). The van der Waals surface area contributed by atoms with Gasteiger partial charge in [-0.15, -0.1) is 0 Å². The van der Waals surface area contributed by atoms with Gasteiger partial charge in [0.1, 0.15) is 5.57 Å². The Morgan fingerprint density at radius 2 is 1.80 bits per heavy atom. The number of halogens is 2. The monoisotopic (exact) mass is 673 g/mol. The van der Waals surface area contributed by atoms with Crippen LogP contribution >= 0.6 is 34.2 Å². The Balaban J connectivity index is 1.56. The molecular weight excluding hydrogens is 649 g/mol. The van der Waals surface area contributed by atoms with E-state index in [2.05, 4.69) is 10.6 Å². The van der Waals surface area contributed by atoms with Crippen LogP contribution in [0.3, 0.4) is 0 Å². The van der Waals surface area contributed by atoms with Gasteiger partial charge >= 0.3 is 6.03 Å². The van der Waals surface area contributed by atoms with E-state index < -0.39 is 17.8 Å². The molecule has 0 unspecified atom stereocenters. The lowest BCUT2D eigenvalue weighted by molar-refractivity contribution is -0.122. The molecule has 0 spiro atoms. The molecule has 206 valence electrons. The number of barbiturate groups is 1. The Morgan fingerprint density at radius 3 is 2.48 bits per heavy atom. The van der Waals surface area contributed by atoms with Crippen LogP contribution in [-0.4, -0.2) is 37.5 Å². The highest BCUT2D eigenvalue weighted by Crippen LogP contribution is 2.35. The topological polar surface area (TPSA) is 114 Å². The number of amides is 5. The molecule has 11 heteroatoms. The summed E-state index contributed by atoms with van der Waals surface area (Å²) in [6.45, 7) is 5.41. The van der Waals surface area contributed by atoms with Gasteiger partial charge in [-0.25, -0.2) is 9.69 Å². The lowest BCUT2D eigenvalue weighted by Gasteiger charge is -2.26. The maximum absolute atomic E-state index is 13.3. The third-order valence-electron chi connectivity index (χ3n) is 6.08. The summed E-state index contributed by atoms with van der Waals surface area (Å²) in [5, 5.41) is 5.39. The molecule has 1 fully saturated rings. The van der Waals surface area contributed by atoms with Crippen molar-refractivity contribution in [3.63, 3.8) is 0 Å². The first-order valence-corrected chi connectivity index (χ1v) is 13.5.